The zero-order valence-corrected chi connectivity index (χ0v) is 18.6. The third kappa shape index (κ3) is 5.56. The highest BCUT2D eigenvalue weighted by Gasteiger charge is 2.19. The first-order valence-corrected chi connectivity index (χ1v) is 10.4. The Balaban J connectivity index is 1.81. The molecule has 0 atom stereocenters. The number of hydrogen-bond donors (Lipinski definition) is 0. The number of ether oxygens (including phenoxy) is 1. The van der Waals surface area contributed by atoms with E-state index < -0.39 is 0 Å². The zero-order chi connectivity index (χ0) is 19.2. The summed E-state index contributed by atoms with van der Waals surface area (Å²) in [5, 5.41) is 0. The number of benzene rings is 3. The van der Waals surface area contributed by atoms with Gasteiger partial charge in [0.2, 0.25) is 0 Å². The second-order valence-corrected chi connectivity index (χ2v) is 8.24. The number of hydrogen-bond acceptors (Lipinski definition) is 2. The average molecular weight is 536 g/mol. The molecule has 0 saturated heterocycles. The molecule has 0 aliphatic rings. The molecule has 0 bridgehead atoms. The van der Waals surface area contributed by atoms with Crippen molar-refractivity contribution in [3.05, 3.63) is 92.0 Å². The van der Waals surface area contributed by atoms with E-state index >= 15 is 0 Å². The van der Waals surface area contributed by atoms with Crippen molar-refractivity contribution in [3.63, 3.8) is 0 Å². The molecular weight excluding hydrogens is 517 g/mol. The number of para-hydroxylation sites is 1. The number of rotatable bonds is 6. The lowest BCUT2D eigenvalue weighted by molar-refractivity contribution is -0.120. The number of amides is 1. The summed E-state index contributed by atoms with van der Waals surface area (Å²) in [5.74, 6) is 0.623. The van der Waals surface area contributed by atoms with Gasteiger partial charge in [-0.3, -0.25) is 4.79 Å². The lowest BCUT2D eigenvalue weighted by Crippen LogP contribution is -2.35. The van der Waals surface area contributed by atoms with Gasteiger partial charge in [0.25, 0.3) is 5.91 Å². The Labute approximate surface area is 181 Å². The van der Waals surface area contributed by atoms with Crippen LogP contribution in [-0.2, 0) is 11.3 Å². The van der Waals surface area contributed by atoms with Crippen LogP contribution in [0.25, 0.3) is 0 Å². The Morgan fingerprint density at radius 1 is 1.04 bits per heavy atom. The minimum absolute atomic E-state index is 0.00897. The summed E-state index contributed by atoms with van der Waals surface area (Å²) >= 11 is 5.71. The molecule has 27 heavy (non-hydrogen) atoms. The Bertz CT molecular complexity index is 928. The van der Waals surface area contributed by atoms with Crippen LogP contribution in [0.15, 0.2) is 77.3 Å². The topological polar surface area (TPSA) is 29.5 Å². The molecule has 0 saturated carbocycles. The first-order chi connectivity index (χ1) is 13.0. The van der Waals surface area contributed by atoms with E-state index in [0.717, 1.165) is 24.9 Å². The quantitative estimate of drug-likeness (QED) is 0.364. The van der Waals surface area contributed by atoms with Gasteiger partial charge in [-0.05, 0) is 77.0 Å². The molecule has 3 nitrogen and oxygen atoms in total. The van der Waals surface area contributed by atoms with E-state index in [2.05, 4.69) is 38.5 Å². The van der Waals surface area contributed by atoms with Crippen molar-refractivity contribution in [2.45, 2.75) is 13.5 Å². The molecule has 0 aliphatic carbocycles. The summed E-state index contributed by atoms with van der Waals surface area (Å²) in [6.07, 6.45) is 0. The lowest BCUT2D eigenvalue weighted by Gasteiger charge is -2.24. The maximum absolute atomic E-state index is 13.0. The Hall–Kier alpha value is -1.86. The van der Waals surface area contributed by atoms with Crippen molar-refractivity contribution in [3.8, 4) is 5.75 Å². The van der Waals surface area contributed by atoms with Gasteiger partial charge in [-0.1, -0.05) is 52.3 Å². The highest BCUT2D eigenvalue weighted by Crippen LogP contribution is 2.25. The summed E-state index contributed by atoms with van der Waals surface area (Å²) in [6.45, 7) is 2.48. The molecule has 0 spiro atoms. The SMILES string of the molecule is Cc1cccc(OCC(=O)N(Cc2ccc(Br)cc2)c2ccccc2I)c1. The molecule has 0 radical (unpaired) electrons. The van der Waals surface area contributed by atoms with E-state index in [4.69, 9.17) is 4.74 Å². The molecule has 0 unspecified atom stereocenters. The van der Waals surface area contributed by atoms with Gasteiger partial charge in [0.05, 0.1) is 12.2 Å². The highest BCUT2D eigenvalue weighted by molar-refractivity contribution is 14.1. The first kappa shape index (κ1) is 19.9. The molecule has 3 rings (SSSR count). The summed E-state index contributed by atoms with van der Waals surface area (Å²) in [5.41, 5.74) is 3.05. The number of halogens is 2. The third-order valence-electron chi connectivity index (χ3n) is 4.05. The molecule has 3 aromatic carbocycles. The number of nitrogens with zero attached hydrogens (tertiary/aromatic N) is 1. The average Bonchev–Trinajstić information content (AvgIpc) is 2.66. The van der Waals surface area contributed by atoms with Gasteiger partial charge in [0.15, 0.2) is 6.61 Å². The highest BCUT2D eigenvalue weighted by atomic mass is 127. The fourth-order valence-corrected chi connectivity index (χ4v) is 3.62. The summed E-state index contributed by atoms with van der Waals surface area (Å²) < 4.78 is 7.79. The van der Waals surface area contributed by atoms with Crippen molar-refractivity contribution in [2.75, 3.05) is 11.5 Å². The van der Waals surface area contributed by atoms with Gasteiger partial charge >= 0.3 is 0 Å². The maximum Gasteiger partial charge on any atom is 0.265 e. The number of carbonyl (C=O) groups excluding carboxylic acids is 1. The molecule has 138 valence electrons. The Morgan fingerprint density at radius 2 is 1.78 bits per heavy atom. The van der Waals surface area contributed by atoms with Crippen LogP contribution in [0.2, 0.25) is 0 Å². The van der Waals surface area contributed by atoms with Crippen molar-refractivity contribution < 1.29 is 9.53 Å². The number of anilines is 1. The minimum atomic E-state index is -0.0801. The molecule has 0 aromatic heterocycles. The van der Waals surface area contributed by atoms with Gasteiger partial charge in [0, 0.05) is 8.04 Å². The molecule has 0 N–H and O–H groups in total. The molecule has 0 fully saturated rings. The fourth-order valence-electron chi connectivity index (χ4n) is 2.68. The molecule has 3 aromatic rings. The van der Waals surface area contributed by atoms with Crippen molar-refractivity contribution >= 4 is 50.1 Å². The van der Waals surface area contributed by atoms with Crippen molar-refractivity contribution in [2.24, 2.45) is 0 Å². The van der Waals surface area contributed by atoms with Crippen molar-refractivity contribution in [1.29, 1.82) is 0 Å². The normalized spacial score (nSPS) is 10.5. The minimum Gasteiger partial charge on any atom is -0.484 e. The molecule has 0 aliphatic heterocycles. The van der Waals surface area contributed by atoms with Crippen LogP contribution in [0.4, 0.5) is 5.69 Å². The van der Waals surface area contributed by atoms with E-state index in [9.17, 15) is 4.79 Å². The lowest BCUT2D eigenvalue weighted by atomic mass is 10.2. The second kappa shape index (κ2) is 9.37. The van der Waals surface area contributed by atoms with Crippen LogP contribution >= 0.6 is 38.5 Å². The van der Waals surface area contributed by atoms with Crippen LogP contribution in [0.1, 0.15) is 11.1 Å². The summed E-state index contributed by atoms with van der Waals surface area (Å²) in [7, 11) is 0. The van der Waals surface area contributed by atoms with Crippen LogP contribution in [0, 0.1) is 10.5 Å². The Morgan fingerprint density at radius 3 is 2.48 bits per heavy atom. The molecule has 0 heterocycles. The van der Waals surface area contributed by atoms with Crippen LogP contribution < -0.4 is 9.64 Å². The molecular formula is C22H19BrINO2. The van der Waals surface area contributed by atoms with Crippen LogP contribution in [0.5, 0.6) is 5.75 Å². The largest absolute Gasteiger partial charge is 0.484 e. The molecule has 1 amide bonds. The van der Waals surface area contributed by atoms with E-state index in [1.165, 1.54) is 0 Å². The second-order valence-electron chi connectivity index (χ2n) is 6.16. The van der Waals surface area contributed by atoms with Gasteiger partial charge < -0.3 is 9.64 Å². The maximum atomic E-state index is 13.0. The smallest absolute Gasteiger partial charge is 0.265 e. The number of carbonyl (C=O) groups is 1. The van der Waals surface area contributed by atoms with Gasteiger partial charge in [-0.2, -0.15) is 0 Å². The van der Waals surface area contributed by atoms with Crippen LogP contribution in [-0.4, -0.2) is 12.5 Å². The predicted octanol–water partition coefficient (Wildman–Crippen LogP) is 5.97. The van der Waals surface area contributed by atoms with Crippen LogP contribution in [0.3, 0.4) is 0 Å². The van der Waals surface area contributed by atoms with Crippen molar-refractivity contribution in [1.82, 2.24) is 0 Å². The van der Waals surface area contributed by atoms with Gasteiger partial charge in [-0.15, -0.1) is 0 Å². The third-order valence-corrected chi connectivity index (χ3v) is 5.49. The predicted molar refractivity (Wildman–Crippen MR) is 121 cm³/mol. The number of aryl methyl sites for hydroxylation is 1. The van der Waals surface area contributed by atoms with Gasteiger partial charge in [-0.25, -0.2) is 0 Å². The summed E-state index contributed by atoms with van der Waals surface area (Å²) in [4.78, 5) is 14.8. The zero-order valence-electron chi connectivity index (χ0n) is 14.9. The van der Waals surface area contributed by atoms with E-state index in [0.29, 0.717) is 12.3 Å². The standard InChI is InChI=1S/C22H19BrINO2/c1-16-5-4-6-19(13-16)27-15-22(26)25(21-8-3-2-7-20(21)24)14-17-9-11-18(23)12-10-17/h2-13H,14-15H2,1H3. The van der Waals surface area contributed by atoms with E-state index in [1.54, 1.807) is 4.90 Å². The van der Waals surface area contributed by atoms with E-state index in [1.807, 2.05) is 79.7 Å². The van der Waals surface area contributed by atoms with E-state index in [-0.39, 0.29) is 12.5 Å². The summed E-state index contributed by atoms with van der Waals surface area (Å²) in [6, 6.07) is 23.6. The van der Waals surface area contributed by atoms with Gasteiger partial charge in [0.1, 0.15) is 5.75 Å². The first-order valence-electron chi connectivity index (χ1n) is 8.52. The molecule has 5 heteroatoms. The monoisotopic (exact) mass is 535 g/mol. The fraction of sp³-hybridized carbons (Fsp3) is 0.136. The Kier molecular flexibility index (Phi) is 6.90.